The van der Waals surface area contributed by atoms with Crippen molar-refractivity contribution in [3.8, 4) is 0 Å². The lowest BCUT2D eigenvalue weighted by Crippen LogP contribution is -2.08. The Kier molecular flexibility index (Phi) is 2.56. The smallest absolute Gasteiger partial charge is 0.137 e. The third-order valence-corrected chi connectivity index (χ3v) is 2.69. The average molecular weight is 254 g/mol. The first-order valence-corrected chi connectivity index (χ1v) is 5.29. The second-order valence-electron chi connectivity index (χ2n) is 3.25. The van der Waals surface area contributed by atoms with E-state index in [0.717, 1.165) is 22.4 Å². The molecular weight excluding hydrogens is 242 g/mol. The van der Waals surface area contributed by atoms with Crippen LogP contribution in [-0.4, -0.2) is 16.4 Å². The second kappa shape index (κ2) is 3.71. The third kappa shape index (κ3) is 1.55. The first-order chi connectivity index (χ1) is 6.72. The SMILES string of the molecule is CNCc1c(C)nc2ccc(Br)cn12. The van der Waals surface area contributed by atoms with Gasteiger partial charge >= 0.3 is 0 Å². The van der Waals surface area contributed by atoms with Gasteiger partial charge in [0.25, 0.3) is 0 Å². The number of imidazole rings is 1. The minimum absolute atomic E-state index is 0.837. The maximum Gasteiger partial charge on any atom is 0.137 e. The highest BCUT2D eigenvalue weighted by Gasteiger charge is 2.06. The molecule has 2 aromatic rings. The van der Waals surface area contributed by atoms with Crippen LogP contribution in [0.25, 0.3) is 5.65 Å². The molecule has 0 aliphatic carbocycles. The summed E-state index contributed by atoms with van der Waals surface area (Å²) in [5.74, 6) is 0. The Morgan fingerprint density at radius 1 is 1.50 bits per heavy atom. The van der Waals surface area contributed by atoms with Gasteiger partial charge in [0.15, 0.2) is 0 Å². The van der Waals surface area contributed by atoms with E-state index in [9.17, 15) is 0 Å². The van der Waals surface area contributed by atoms with Crippen LogP contribution in [-0.2, 0) is 6.54 Å². The quantitative estimate of drug-likeness (QED) is 0.889. The van der Waals surface area contributed by atoms with Gasteiger partial charge in [-0.3, -0.25) is 0 Å². The minimum atomic E-state index is 0.837. The largest absolute Gasteiger partial charge is 0.314 e. The zero-order valence-corrected chi connectivity index (χ0v) is 9.80. The van der Waals surface area contributed by atoms with Gasteiger partial charge in [-0.15, -0.1) is 0 Å². The Bertz CT molecular complexity index is 462. The van der Waals surface area contributed by atoms with E-state index in [4.69, 9.17) is 0 Å². The highest BCUT2D eigenvalue weighted by Crippen LogP contribution is 2.16. The number of rotatable bonds is 2. The van der Waals surface area contributed by atoms with Gasteiger partial charge in [0, 0.05) is 17.2 Å². The maximum atomic E-state index is 4.47. The van der Waals surface area contributed by atoms with Gasteiger partial charge in [-0.05, 0) is 42.0 Å². The molecule has 0 atom stereocenters. The molecule has 0 saturated carbocycles. The Morgan fingerprint density at radius 2 is 2.29 bits per heavy atom. The number of nitrogens with zero attached hydrogens (tertiary/aromatic N) is 2. The predicted octanol–water partition coefficient (Wildman–Crippen LogP) is 2.12. The minimum Gasteiger partial charge on any atom is -0.314 e. The average Bonchev–Trinajstić information content (AvgIpc) is 2.45. The fourth-order valence-corrected chi connectivity index (χ4v) is 1.90. The standard InChI is InChI=1S/C10H12BrN3/c1-7-9(5-12-2)14-6-8(11)3-4-10(14)13-7/h3-4,6,12H,5H2,1-2H3. The number of aryl methyl sites for hydroxylation is 1. The molecule has 0 radical (unpaired) electrons. The summed E-state index contributed by atoms with van der Waals surface area (Å²) in [6.45, 7) is 2.87. The van der Waals surface area contributed by atoms with Crippen molar-refractivity contribution >= 4 is 21.6 Å². The molecule has 2 heterocycles. The molecule has 0 aliphatic rings. The summed E-state index contributed by atoms with van der Waals surface area (Å²) in [4.78, 5) is 4.47. The third-order valence-electron chi connectivity index (χ3n) is 2.23. The van der Waals surface area contributed by atoms with Gasteiger partial charge in [0.05, 0.1) is 11.4 Å². The number of fused-ring (bicyclic) bond motifs is 1. The van der Waals surface area contributed by atoms with Gasteiger partial charge in [0.1, 0.15) is 5.65 Å². The second-order valence-corrected chi connectivity index (χ2v) is 4.17. The molecule has 0 amide bonds. The van der Waals surface area contributed by atoms with Crippen molar-refractivity contribution in [1.82, 2.24) is 14.7 Å². The van der Waals surface area contributed by atoms with Gasteiger partial charge < -0.3 is 9.72 Å². The maximum absolute atomic E-state index is 4.47. The molecule has 3 nitrogen and oxygen atoms in total. The molecule has 0 fully saturated rings. The van der Waals surface area contributed by atoms with Crippen molar-refractivity contribution in [3.63, 3.8) is 0 Å². The van der Waals surface area contributed by atoms with Gasteiger partial charge in [-0.1, -0.05) is 0 Å². The fourth-order valence-electron chi connectivity index (χ4n) is 1.57. The Morgan fingerprint density at radius 3 is 3.00 bits per heavy atom. The predicted molar refractivity (Wildman–Crippen MR) is 60.4 cm³/mol. The van der Waals surface area contributed by atoms with Gasteiger partial charge in [-0.25, -0.2) is 4.98 Å². The van der Waals surface area contributed by atoms with Crippen molar-refractivity contribution in [1.29, 1.82) is 0 Å². The lowest BCUT2D eigenvalue weighted by atomic mass is 10.3. The van der Waals surface area contributed by atoms with E-state index in [1.54, 1.807) is 0 Å². The molecule has 1 N–H and O–H groups in total. The van der Waals surface area contributed by atoms with E-state index >= 15 is 0 Å². The normalized spacial score (nSPS) is 11.1. The van der Waals surface area contributed by atoms with E-state index in [1.807, 2.05) is 32.3 Å². The van der Waals surface area contributed by atoms with Crippen molar-refractivity contribution in [2.24, 2.45) is 0 Å². The molecule has 2 rings (SSSR count). The van der Waals surface area contributed by atoms with Gasteiger partial charge in [-0.2, -0.15) is 0 Å². The van der Waals surface area contributed by atoms with E-state index in [2.05, 4.69) is 30.6 Å². The summed E-state index contributed by atoms with van der Waals surface area (Å²) >= 11 is 3.46. The first kappa shape index (κ1) is 9.68. The van der Waals surface area contributed by atoms with Crippen LogP contribution in [0.1, 0.15) is 11.4 Å². The van der Waals surface area contributed by atoms with E-state index in [0.29, 0.717) is 0 Å². The topological polar surface area (TPSA) is 29.3 Å². The Balaban J connectivity index is 2.66. The molecule has 4 heteroatoms. The van der Waals surface area contributed by atoms with Crippen LogP contribution in [0.15, 0.2) is 22.8 Å². The van der Waals surface area contributed by atoms with Crippen LogP contribution in [0, 0.1) is 6.92 Å². The molecule has 0 unspecified atom stereocenters. The molecule has 0 saturated heterocycles. The zero-order chi connectivity index (χ0) is 10.1. The lowest BCUT2D eigenvalue weighted by molar-refractivity contribution is 0.775. The molecule has 14 heavy (non-hydrogen) atoms. The fraction of sp³-hybridized carbons (Fsp3) is 0.300. The molecule has 0 aliphatic heterocycles. The summed E-state index contributed by atoms with van der Waals surface area (Å²) < 4.78 is 3.18. The van der Waals surface area contributed by atoms with Crippen LogP contribution >= 0.6 is 15.9 Å². The molecular formula is C10H12BrN3. The number of nitrogens with one attached hydrogen (secondary N) is 1. The highest BCUT2D eigenvalue weighted by molar-refractivity contribution is 9.10. The lowest BCUT2D eigenvalue weighted by Gasteiger charge is -2.01. The van der Waals surface area contributed by atoms with Crippen LogP contribution in [0.4, 0.5) is 0 Å². The molecule has 0 bridgehead atoms. The van der Waals surface area contributed by atoms with E-state index < -0.39 is 0 Å². The van der Waals surface area contributed by atoms with Crippen molar-refractivity contribution in [2.75, 3.05) is 7.05 Å². The van der Waals surface area contributed by atoms with Gasteiger partial charge in [0.2, 0.25) is 0 Å². The molecule has 0 spiro atoms. The van der Waals surface area contributed by atoms with Crippen LogP contribution in [0.2, 0.25) is 0 Å². The van der Waals surface area contributed by atoms with Crippen molar-refractivity contribution in [3.05, 3.63) is 34.2 Å². The summed E-state index contributed by atoms with van der Waals surface area (Å²) in [5, 5.41) is 3.15. The molecule has 2 aromatic heterocycles. The molecule has 74 valence electrons. The van der Waals surface area contributed by atoms with Crippen LogP contribution in [0.3, 0.4) is 0 Å². The van der Waals surface area contributed by atoms with E-state index in [1.165, 1.54) is 5.69 Å². The molecule has 0 aromatic carbocycles. The van der Waals surface area contributed by atoms with Crippen LogP contribution in [0.5, 0.6) is 0 Å². The monoisotopic (exact) mass is 253 g/mol. The summed E-state index contributed by atoms with van der Waals surface area (Å²) in [7, 11) is 1.94. The first-order valence-electron chi connectivity index (χ1n) is 4.50. The van der Waals surface area contributed by atoms with Crippen molar-refractivity contribution in [2.45, 2.75) is 13.5 Å². The summed E-state index contributed by atoms with van der Waals surface area (Å²) in [6, 6.07) is 4.02. The number of pyridine rings is 1. The van der Waals surface area contributed by atoms with Crippen LogP contribution < -0.4 is 5.32 Å². The Hall–Kier alpha value is -0.870. The number of hydrogen-bond donors (Lipinski definition) is 1. The highest BCUT2D eigenvalue weighted by atomic mass is 79.9. The summed E-state index contributed by atoms with van der Waals surface area (Å²) in [6.07, 6.45) is 2.04. The number of halogens is 1. The Labute approximate surface area is 91.3 Å². The number of aromatic nitrogens is 2. The van der Waals surface area contributed by atoms with E-state index in [-0.39, 0.29) is 0 Å². The zero-order valence-electron chi connectivity index (χ0n) is 8.21. The van der Waals surface area contributed by atoms with Crippen molar-refractivity contribution < 1.29 is 0 Å². The number of hydrogen-bond acceptors (Lipinski definition) is 2. The summed E-state index contributed by atoms with van der Waals surface area (Å²) in [5.41, 5.74) is 3.29.